The van der Waals surface area contributed by atoms with Crippen LogP contribution in [0.2, 0.25) is 0 Å². The second-order valence-electron chi connectivity index (χ2n) is 9.64. The zero-order valence-electron chi connectivity index (χ0n) is 20.6. The largest absolute Gasteiger partial charge is 0.493 e. The third-order valence-corrected chi connectivity index (χ3v) is 7.07. The van der Waals surface area contributed by atoms with Gasteiger partial charge in [-0.3, -0.25) is 4.90 Å². The van der Waals surface area contributed by atoms with Crippen molar-refractivity contribution in [3.05, 3.63) is 41.3 Å². The predicted molar refractivity (Wildman–Crippen MR) is 130 cm³/mol. The molecule has 36 heavy (non-hydrogen) atoms. The van der Waals surface area contributed by atoms with E-state index in [0.717, 1.165) is 24.5 Å². The van der Waals surface area contributed by atoms with E-state index in [-0.39, 0.29) is 11.5 Å². The van der Waals surface area contributed by atoms with Gasteiger partial charge < -0.3 is 20.5 Å². The Labute approximate surface area is 207 Å². The van der Waals surface area contributed by atoms with Gasteiger partial charge >= 0.3 is 6.18 Å². The minimum Gasteiger partial charge on any atom is -0.493 e. The summed E-state index contributed by atoms with van der Waals surface area (Å²) in [6.45, 7) is 3.98. The van der Waals surface area contributed by atoms with Crippen LogP contribution in [0.3, 0.4) is 0 Å². The molecular weight excluding hydrogens is 473 g/mol. The summed E-state index contributed by atoms with van der Waals surface area (Å²) < 4.78 is 51.6. The number of likely N-dealkylation sites (tertiary alicyclic amines) is 1. The van der Waals surface area contributed by atoms with Gasteiger partial charge in [-0.25, -0.2) is 15.0 Å². The van der Waals surface area contributed by atoms with Gasteiger partial charge in [0.05, 0.1) is 29.9 Å². The lowest BCUT2D eigenvalue weighted by Crippen LogP contribution is -2.33. The van der Waals surface area contributed by atoms with E-state index in [1.165, 1.54) is 6.42 Å². The number of pyridine rings is 1. The molecular formula is C25H29F3N6O2. The fourth-order valence-corrected chi connectivity index (χ4v) is 5.02. The highest BCUT2D eigenvalue weighted by Gasteiger charge is 2.50. The lowest BCUT2D eigenvalue weighted by Gasteiger charge is -2.23. The molecule has 0 radical (unpaired) electrons. The summed E-state index contributed by atoms with van der Waals surface area (Å²) in [5.74, 6) is 2.63. The maximum Gasteiger partial charge on any atom is 0.416 e. The van der Waals surface area contributed by atoms with Gasteiger partial charge in [-0.15, -0.1) is 0 Å². The first-order valence-corrected chi connectivity index (χ1v) is 11.9. The average Bonchev–Trinajstić information content (AvgIpc) is 3.52. The topological polar surface area (TPSA) is 98.4 Å². The molecule has 0 bridgehead atoms. The Morgan fingerprint density at radius 2 is 1.92 bits per heavy atom. The number of alkyl halides is 3. The van der Waals surface area contributed by atoms with Crippen molar-refractivity contribution in [3.8, 4) is 11.5 Å². The molecule has 8 nitrogen and oxygen atoms in total. The molecule has 3 N–H and O–H groups in total. The van der Waals surface area contributed by atoms with E-state index in [9.17, 15) is 13.2 Å². The molecule has 192 valence electrons. The van der Waals surface area contributed by atoms with Crippen molar-refractivity contribution in [2.45, 2.75) is 51.0 Å². The zero-order chi connectivity index (χ0) is 25.8. The quantitative estimate of drug-likeness (QED) is 0.484. The molecule has 5 rings (SSSR count). The highest BCUT2D eigenvalue weighted by atomic mass is 19.4. The first-order valence-electron chi connectivity index (χ1n) is 11.9. The van der Waals surface area contributed by atoms with Crippen LogP contribution in [0.5, 0.6) is 11.5 Å². The number of nitrogens with one attached hydrogen (secondary N) is 1. The molecule has 3 aromatic rings. The van der Waals surface area contributed by atoms with Crippen molar-refractivity contribution < 1.29 is 22.6 Å². The fourth-order valence-electron chi connectivity index (χ4n) is 5.02. The lowest BCUT2D eigenvalue weighted by molar-refractivity contribution is -0.137. The van der Waals surface area contributed by atoms with Crippen molar-refractivity contribution in [2.75, 3.05) is 31.8 Å². The molecule has 2 fully saturated rings. The predicted octanol–water partition coefficient (Wildman–Crippen LogP) is 4.59. The minimum atomic E-state index is -4.53. The molecule has 3 heterocycles. The standard InChI is InChI=1S/C25H29F3N6O2/c1-12(18-7-15(25(26,27)28)8-23(29)33-18)30-24-17-9-22(21(35-4)10-19(17)31-13(2)32-24)36-11-16-5-14-6-20(14)34(16)3/h7-10,12,14,16,20H,5-6,11H2,1-4H3,(H2,29,33)(H,30,31,32)/t12-,14?,16+,20?/m1/s1. The number of likely N-dealkylation sites (N-methyl/N-ethyl adjacent to an activating group) is 1. The van der Waals surface area contributed by atoms with Crippen molar-refractivity contribution >= 4 is 22.5 Å². The van der Waals surface area contributed by atoms with Gasteiger partial charge in [0.1, 0.15) is 24.1 Å². The van der Waals surface area contributed by atoms with Crippen molar-refractivity contribution in [1.29, 1.82) is 0 Å². The SMILES string of the molecule is COc1cc2nc(C)nc(N[C@H](C)c3cc(C(F)(F)F)cc(N)n3)c2cc1OC[C@@H]1CC2CC2N1C. The maximum atomic E-state index is 13.3. The molecule has 0 spiro atoms. The number of hydrogen-bond acceptors (Lipinski definition) is 8. The maximum absolute atomic E-state index is 13.3. The highest BCUT2D eigenvalue weighted by molar-refractivity contribution is 5.92. The molecule has 1 aliphatic heterocycles. The summed E-state index contributed by atoms with van der Waals surface area (Å²) in [4.78, 5) is 15.5. The van der Waals surface area contributed by atoms with Gasteiger partial charge in [0.2, 0.25) is 0 Å². The number of ether oxygens (including phenoxy) is 2. The number of halogens is 3. The van der Waals surface area contributed by atoms with Crippen LogP contribution >= 0.6 is 0 Å². The first kappa shape index (κ1) is 24.4. The summed E-state index contributed by atoms with van der Waals surface area (Å²) in [5, 5.41) is 3.85. The molecule has 1 aliphatic carbocycles. The number of fused-ring (bicyclic) bond motifs is 2. The normalized spacial score (nSPS) is 22.4. The van der Waals surface area contributed by atoms with Crippen LogP contribution in [0.15, 0.2) is 24.3 Å². The van der Waals surface area contributed by atoms with Gasteiger partial charge in [0, 0.05) is 23.5 Å². The van der Waals surface area contributed by atoms with Crippen LogP contribution in [-0.4, -0.2) is 52.7 Å². The van der Waals surface area contributed by atoms with Crippen LogP contribution in [0, 0.1) is 12.8 Å². The average molecular weight is 503 g/mol. The van der Waals surface area contributed by atoms with Crippen molar-refractivity contribution in [2.24, 2.45) is 5.92 Å². The van der Waals surface area contributed by atoms with Crippen molar-refractivity contribution in [3.63, 3.8) is 0 Å². The number of nitrogen functional groups attached to an aromatic ring is 1. The number of nitrogens with zero attached hydrogens (tertiary/aromatic N) is 4. The van der Waals surface area contributed by atoms with Crippen LogP contribution in [0.25, 0.3) is 10.9 Å². The van der Waals surface area contributed by atoms with Gasteiger partial charge in [0.25, 0.3) is 0 Å². The number of aryl methyl sites for hydroxylation is 1. The minimum absolute atomic E-state index is 0.152. The van der Waals surface area contributed by atoms with Crippen LogP contribution in [0.4, 0.5) is 24.8 Å². The fraction of sp³-hybridized carbons (Fsp3) is 0.480. The molecule has 2 unspecified atom stereocenters. The number of nitrogens with two attached hydrogens (primary N) is 1. The Bertz CT molecular complexity index is 1300. The number of rotatable bonds is 7. The Hall–Kier alpha value is -3.34. The Kier molecular flexibility index (Phi) is 6.06. The number of benzene rings is 1. The Morgan fingerprint density at radius 1 is 1.14 bits per heavy atom. The van der Waals surface area contributed by atoms with Crippen LogP contribution in [-0.2, 0) is 6.18 Å². The summed E-state index contributed by atoms with van der Waals surface area (Å²) in [6.07, 6.45) is -2.14. The molecule has 1 saturated heterocycles. The highest BCUT2D eigenvalue weighted by Crippen LogP contribution is 2.47. The van der Waals surface area contributed by atoms with E-state index in [2.05, 4.69) is 32.2 Å². The van der Waals surface area contributed by atoms with Crippen molar-refractivity contribution in [1.82, 2.24) is 19.9 Å². The summed E-state index contributed by atoms with van der Waals surface area (Å²) >= 11 is 0. The lowest BCUT2D eigenvalue weighted by atomic mass is 10.1. The molecule has 4 atom stereocenters. The number of piperidine rings is 1. The van der Waals surface area contributed by atoms with Crippen LogP contribution < -0.4 is 20.5 Å². The van der Waals surface area contributed by atoms with Gasteiger partial charge in [-0.05, 0) is 57.9 Å². The monoisotopic (exact) mass is 502 g/mol. The van der Waals surface area contributed by atoms with E-state index in [4.69, 9.17) is 15.2 Å². The van der Waals surface area contributed by atoms with Gasteiger partial charge in [0.15, 0.2) is 11.5 Å². The molecule has 0 amide bonds. The second kappa shape index (κ2) is 8.95. The Morgan fingerprint density at radius 3 is 2.58 bits per heavy atom. The molecule has 1 aromatic carbocycles. The Balaban J connectivity index is 1.44. The number of aromatic nitrogens is 3. The summed E-state index contributed by atoms with van der Waals surface area (Å²) in [6, 6.07) is 5.81. The summed E-state index contributed by atoms with van der Waals surface area (Å²) in [5.41, 5.74) is 5.59. The zero-order valence-corrected chi connectivity index (χ0v) is 20.6. The molecule has 2 aromatic heterocycles. The van der Waals surface area contributed by atoms with Gasteiger partial charge in [-0.2, -0.15) is 13.2 Å². The molecule has 1 saturated carbocycles. The number of hydrogen-bond donors (Lipinski definition) is 2. The van der Waals surface area contributed by atoms with E-state index in [1.807, 2.05) is 6.07 Å². The smallest absolute Gasteiger partial charge is 0.416 e. The van der Waals surface area contributed by atoms with E-state index in [1.54, 1.807) is 27.0 Å². The summed E-state index contributed by atoms with van der Waals surface area (Å²) in [7, 11) is 3.71. The van der Waals surface area contributed by atoms with E-state index in [0.29, 0.717) is 52.7 Å². The molecule has 11 heteroatoms. The number of methoxy groups -OCH3 is 1. The van der Waals surface area contributed by atoms with Crippen LogP contribution in [0.1, 0.15) is 42.9 Å². The third-order valence-electron chi connectivity index (χ3n) is 7.07. The molecule has 2 aliphatic rings. The first-order chi connectivity index (χ1) is 17.0. The second-order valence-corrected chi connectivity index (χ2v) is 9.64. The number of anilines is 2. The van der Waals surface area contributed by atoms with E-state index < -0.39 is 17.8 Å². The van der Waals surface area contributed by atoms with E-state index >= 15 is 0 Å². The third kappa shape index (κ3) is 4.71. The van der Waals surface area contributed by atoms with Gasteiger partial charge in [-0.1, -0.05) is 0 Å².